The molecule has 4 heteroatoms. The minimum Gasteiger partial charge on any atom is -0.463 e. The molecule has 0 N–H and O–H groups in total. The molecule has 3 unspecified atom stereocenters. The van der Waals surface area contributed by atoms with Crippen molar-refractivity contribution < 1.29 is 19.0 Å². The summed E-state index contributed by atoms with van der Waals surface area (Å²) in [5.41, 5.74) is 0. The Morgan fingerprint density at radius 3 is 2.21 bits per heavy atom. The van der Waals surface area contributed by atoms with Crippen molar-refractivity contribution in [3.8, 4) is 0 Å². The molecule has 4 nitrogen and oxygen atoms in total. The van der Waals surface area contributed by atoms with E-state index in [1.54, 1.807) is 0 Å². The van der Waals surface area contributed by atoms with E-state index < -0.39 is 0 Å². The summed E-state index contributed by atoms with van der Waals surface area (Å²) in [5, 5.41) is 0. The summed E-state index contributed by atoms with van der Waals surface area (Å²) in [5.74, 6) is 1.88. The second kappa shape index (κ2) is 9.32. The number of carbonyl (C=O) groups excluding carboxylic acids is 1. The topological polar surface area (TPSA) is 44.8 Å². The van der Waals surface area contributed by atoms with Crippen molar-refractivity contribution in [3.05, 3.63) is 0 Å². The van der Waals surface area contributed by atoms with E-state index >= 15 is 0 Å². The molecule has 2 aliphatic rings. The monoisotopic (exact) mass is 272 g/mol. The molecule has 1 aliphatic carbocycles. The lowest BCUT2D eigenvalue weighted by Gasteiger charge is -2.05. The van der Waals surface area contributed by atoms with E-state index in [0.29, 0.717) is 20.0 Å². The first-order valence-electron chi connectivity index (χ1n) is 7.48. The zero-order valence-electron chi connectivity index (χ0n) is 12.5. The van der Waals surface area contributed by atoms with Crippen LogP contribution in [0.3, 0.4) is 0 Å². The van der Waals surface area contributed by atoms with E-state index in [2.05, 4.69) is 18.6 Å². The first-order chi connectivity index (χ1) is 9.15. The minimum atomic E-state index is -0.282. The average molecular weight is 272 g/mol. The number of esters is 1. The molecule has 0 amide bonds. The van der Waals surface area contributed by atoms with Crippen molar-refractivity contribution in [1.82, 2.24) is 0 Å². The van der Waals surface area contributed by atoms with Crippen molar-refractivity contribution in [2.24, 2.45) is 11.8 Å². The van der Waals surface area contributed by atoms with Crippen molar-refractivity contribution in [2.75, 3.05) is 20.0 Å². The van der Waals surface area contributed by atoms with Gasteiger partial charge in [-0.2, -0.15) is 0 Å². The van der Waals surface area contributed by atoms with Gasteiger partial charge < -0.3 is 14.2 Å². The molecule has 0 aromatic rings. The Morgan fingerprint density at radius 1 is 1.21 bits per heavy atom. The fourth-order valence-electron chi connectivity index (χ4n) is 2.60. The van der Waals surface area contributed by atoms with E-state index in [4.69, 9.17) is 9.47 Å². The maximum absolute atomic E-state index is 10.3. The zero-order chi connectivity index (χ0) is 14.1. The maximum atomic E-state index is 10.3. The van der Waals surface area contributed by atoms with Crippen molar-refractivity contribution in [2.45, 2.75) is 59.0 Å². The second-order valence-electron chi connectivity index (χ2n) is 5.44. The molecule has 0 spiro atoms. The van der Waals surface area contributed by atoms with Crippen LogP contribution in [0.2, 0.25) is 0 Å². The third-order valence-corrected chi connectivity index (χ3v) is 3.97. The van der Waals surface area contributed by atoms with Crippen LogP contribution < -0.4 is 0 Å². The molecule has 1 saturated heterocycles. The largest absolute Gasteiger partial charge is 0.463 e. The predicted octanol–water partition coefficient (Wildman–Crippen LogP) is 3.15. The van der Waals surface area contributed by atoms with Gasteiger partial charge >= 0.3 is 5.97 Å². The fourth-order valence-corrected chi connectivity index (χ4v) is 2.60. The van der Waals surface area contributed by atoms with Gasteiger partial charge in [0.05, 0.1) is 6.61 Å². The molecule has 3 atom stereocenters. The molecule has 1 saturated carbocycles. The van der Waals surface area contributed by atoms with Crippen LogP contribution in [0.15, 0.2) is 0 Å². The Morgan fingerprint density at radius 2 is 1.84 bits per heavy atom. The predicted molar refractivity (Wildman–Crippen MR) is 73.7 cm³/mol. The summed E-state index contributed by atoms with van der Waals surface area (Å²) in [4.78, 5) is 10.3. The quantitative estimate of drug-likeness (QED) is 0.737. The Kier molecular flexibility index (Phi) is 8.07. The zero-order valence-corrected chi connectivity index (χ0v) is 12.5. The lowest BCUT2D eigenvalue weighted by Crippen LogP contribution is -2.19. The number of ether oxygens (including phenoxy) is 3. The average Bonchev–Trinajstić information content (AvgIpc) is 3.08. The Hall–Kier alpha value is -0.610. The molecule has 2 rings (SSSR count). The van der Waals surface area contributed by atoms with Crippen molar-refractivity contribution in [1.29, 1.82) is 0 Å². The van der Waals surface area contributed by atoms with Gasteiger partial charge in [0, 0.05) is 6.92 Å². The van der Waals surface area contributed by atoms with Crippen LogP contribution in [0.4, 0.5) is 0 Å². The van der Waals surface area contributed by atoms with Crippen LogP contribution in [0, 0.1) is 11.8 Å². The summed E-state index contributed by atoms with van der Waals surface area (Å²) >= 11 is 0. The lowest BCUT2D eigenvalue weighted by molar-refractivity contribution is -0.143. The standard InChI is InChI=1S/C9H18.C6H10O4/c1-3-8-5-6-9(4-2)7-8;1-5(7)9-3-6-2-8-4-10-6/h8-9H,3-7H2,1-2H3;6H,2-4H2,1H3. The first-order valence-corrected chi connectivity index (χ1v) is 7.48. The molecule has 1 heterocycles. The molecular weight excluding hydrogens is 244 g/mol. The molecule has 2 fully saturated rings. The van der Waals surface area contributed by atoms with Gasteiger partial charge in [0.15, 0.2) is 0 Å². The van der Waals surface area contributed by atoms with Crippen molar-refractivity contribution >= 4 is 5.97 Å². The van der Waals surface area contributed by atoms with E-state index in [1.807, 2.05) is 0 Å². The molecule has 19 heavy (non-hydrogen) atoms. The molecule has 112 valence electrons. The third kappa shape index (κ3) is 6.92. The van der Waals surface area contributed by atoms with Gasteiger partial charge in [0.2, 0.25) is 0 Å². The second-order valence-corrected chi connectivity index (χ2v) is 5.44. The molecular formula is C15H28O4. The smallest absolute Gasteiger partial charge is 0.302 e. The van der Waals surface area contributed by atoms with Crippen LogP contribution in [0.25, 0.3) is 0 Å². The highest BCUT2D eigenvalue weighted by Crippen LogP contribution is 2.34. The van der Waals surface area contributed by atoms with Crippen LogP contribution in [-0.2, 0) is 19.0 Å². The lowest BCUT2D eigenvalue weighted by atomic mass is 10.0. The highest BCUT2D eigenvalue weighted by atomic mass is 16.7. The summed E-state index contributed by atoms with van der Waals surface area (Å²) in [6.45, 7) is 7.15. The number of rotatable bonds is 4. The SMILES string of the molecule is CC(=O)OCC1COCO1.CCC1CCC(CC)C1. The van der Waals surface area contributed by atoms with Crippen molar-refractivity contribution in [3.63, 3.8) is 0 Å². The number of carbonyl (C=O) groups is 1. The first kappa shape index (κ1) is 16.4. The summed E-state index contributed by atoms with van der Waals surface area (Å²) in [6.07, 6.45) is 7.30. The van der Waals surface area contributed by atoms with Gasteiger partial charge in [-0.1, -0.05) is 39.5 Å². The Bertz CT molecular complexity index is 239. The molecule has 0 bridgehead atoms. The van der Waals surface area contributed by atoms with E-state index in [0.717, 1.165) is 11.8 Å². The Labute approximate surface area is 116 Å². The highest BCUT2D eigenvalue weighted by Gasteiger charge is 2.21. The van der Waals surface area contributed by atoms with E-state index in [1.165, 1.54) is 39.0 Å². The summed E-state index contributed by atoms with van der Waals surface area (Å²) in [6, 6.07) is 0. The number of hydrogen-bond acceptors (Lipinski definition) is 4. The van der Waals surface area contributed by atoms with Crippen LogP contribution in [0.1, 0.15) is 52.9 Å². The molecule has 1 aliphatic heterocycles. The minimum absolute atomic E-state index is 0.0658. The molecule has 0 radical (unpaired) electrons. The van der Waals surface area contributed by atoms with E-state index in [-0.39, 0.29) is 12.1 Å². The van der Waals surface area contributed by atoms with Crippen LogP contribution >= 0.6 is 0 Å². The summed E-state index contributed by atoms with van der Waals surface area (Å²) < 4.78 is 14.6. The fraction of sp³-hybridized carbons (Fsp3) is 0.933. The maximum Gasteiger partial charge on any atom is 0.302 e. The summed E-state index contributed by atoms with van der Waals surface area (Å²) in [7, 11) is 0. The number of hydrogen-bond donors (Lipinski definition) is 0. The molecule has 0 aromatic heterocycles. The highest BCUT2D eigenvalue weighted by molar-refractivity contribution is 5.65. The van der Waals surface area contributed by atoms with Gasteiger partial charge in [0.1, 0.15) is 19.5 Å². The van der Waals surface area contributed by atoms with Gasteiger partial charge in [-0.15, -0.1) is 0 Å². The van der Waals surface area contributed by atoms with Gasteiger partial charge in [-0.25, -0.2) is 0 Å². The third-order valence-electron chi connectivity index (χ3n) is 3.97. The normalized spacial score (nSPS) is 29.7. The molecule has 0 aromatic carbocycles. The Balaban J connectivity index is 0.000000191. The van der Waals surface area contributed by atoms with Gasteiger partial charge in [-0.3, -0.25) is 4.79 Å². The van der Waals surface area contributed by atoms with Gasteiger partial charge in [0.25, 0.3) is 0 Å². The van der Waals surface area contributed by atoms with E-state index in [9.17, 15) is 4.79 Å². The van der Waals surface area contributed by atoms with Gasteiger partial charge in [-0.05, 0) is 18.3 Å². The van der Waals surface area contributed by atoms with Crippen LogP contribution in [0.5, 0.6) is 0 Å². The van der Waals surface area contributed by atoms with Crippen LogP contribution in [-0.4, -0.2) is 32.1 Å².